The topological polar surface area (TPSA) is 149 Å². The van der Waals surface area contributed by atoms with E-state index in [0.717, 1.165) is 44.9 Å². The first-order valence-electron chi connectivity index (χ1n) is 23.2. The van der Waals surface area contributed by atoms with Crippen molar-refractivity contribution in [2.75, 3.05) is 13.2 Å². The Balaban J connectivity index is 2.06. The number of unbranched alkanes of at least 4 members (excludes halogenated alkanes) is 29. The number of ether oxygens (including phenoxy) is 2. The van der Waals surface area contributed by atoms with Gasteiger partial charge in [-0.2, -0.15) is 0 Å². The van der Waals surface area contributed by atoms with Crippen LogP contribution in [0.25, 0.3) is 0 Å². The van der Waals surface area contributed by atoms with Crippen LogP contribution in [0.1, 0.15) is 226 Å². The molecule has 9 heteroatoms. The summed E-state index contributed by atoms with van der Waals surface area (Å²) in [5.74, 6) is -0.159. The number of hydrogen-bond donors (Lipinski definition) is 6. The number of hydrogen-bond acceptors (Lipinski definition) is 8. The maximum atomic E-state index is 12.7. The molecule has 9 nitrogen and oxygen atoms in total. The van der Waals surface area contributed by atoms with E-state index in [1.165, 1.54) is 154 Å². The van der Waals surface area contributed by atoms with Crippen LogP contribution in [0.5, 0.6) is 0 Å². The average molecular weight is 772 g/mol. The van der Waals surface area contributed by atoms with E-state index in [2.05, 4.69) is 19.2 Å². The summed E-state index contributed by atoms with van der Waals surface area (Å²) in [5, 5.41) is 53.9. The van der Waals surface area contributed by atoms with E-state index >= 15 is 0 Å². The molecule has 0 aromatic rings. The van der Waals surface area contributed by atoms with Gasteiger partial charge in [0.1, 0.15) is 24.4 Å². The van der Waals surface area contributed by atoms with Gasteiger partial charge in [0.25, 0.3) is 0 Å². The Morgan fingerprint density at radius 2 is 0.926 bits per heavy atom. The number of rotatable bonds is 39. The second kappa shape index (κ2) is 36.5. The Morgan fingerprint density at radius 1 is 0.556 bits per heavy atom. The smallest absolute Gasteiger partial charge is 0.220 e. The molecule has 1 fully saturated rings. The van der Waals surface area contributed by atoms with Crippen LogP contribution in [0.15, 0.2) is 0 Å². The van der Waals surface area contributed by atoms with E-state index in [1.807, 2.05) is 0 Å². The number of amides is 1. The lowest BCUT2D eigenvalue weighted by molar-refractivity contribution is -0.302. The summed E-state index contributed by atoms with van der Waals surface area (Å²) in [6, 6.07) is -0.708. The van der Waals surface area contributed by atoms with Crippen molar-refractivity contribution in [3.63, 3.8) is 0 Å². The number of carbonyl (C=O) groups excluding carboxylic acids is 1. The molecule has 1 aliphatic heterocycles. The van der Waals surface area contributed by atoms with Crippen LogP contribution in [0, 0.1) is 0 Å². The largest absolute Gasteiger partial charge is 0.394 e. The summed E-state index contributed by atoms with van der Waals surface area (Å²) in [5.41, 5.74) is 0. The quantitative estimate of drug-likeness (QED) is 0.0339. The Hall–Kier alpha value is -0.810. The molecule has 7 unspecified atom stereocenters. The maximum Gasteiger partial charge on any atom is 0.220 e. The number of carbonyl (C=O) groups is 1. The van der Waals surface area contributed by atoms with Gasteiger partial charge in [0.05, 0.1) is 25.4 Å². The Morgan fingerprint density at radius 3 is 1.31 bits per heavy atom. The molecule has 0 bridgehead atoms. The van der Waals surface area contributed by atoms with Crippen molar-refractivity contribution >= 4 is 5.91 Å². The lowest BCUT2D eigenvalue weighted by Gasteiger charge is -2.40. The average Bonchev–Trinajstić information content (AvgIpc) is 3.17. The molecule has 1 saturated heterocycles. The fraction of sp³-hybridized carbons (Fsp3) is 0.978. The predicted molar refractivity (Wildman–Crippen MR) is 221 cm³/mol. The highest BCUT2D eigenvalue weighted by Gasteiger charge is 2.44. The molecule has 0 aliphatic carbocycles. The van der Waals surface area contributed by atoms with Crippen molar-refractivity contribution in [1.82, 2.24) is 5.32 Å². The summed E-state index contributed by atoms with van der Waals surface area (Å²) < 4.78 is 11.2. The highest BCUT2D eigenvalue weighted by atomic mass is 16.7. The van der Waals surface area contributed by atoms with Gasteiger partial charge in [-0.15, -0.1) is 0 Å². The third-order valence-corrected chi connectivity index (χ3v) is 11.5. The van der Waals surface area contributed by atoms with Crippen LogP contribution in [-0.4, -0.2) is 87.5 Å². The molecule has 0 aromatic carbocycles. The zero-order chi connectivity index (χ0) is 39.5. The summed E-state index contributed by atoms with van der Waals surface area (Å²) in [4.78, 5) is 12.7. The van der Waals surface area contributed by atoms with Gasteiger partial charge in [-0.3, -0.25) is 4.79 Å². The molecular weight excluding hydrogens is 682 g/mol. The van der Waals surface area contributed by atoms with Crippen molar-refractivity contribution in [3.8, 4) is 0 Å². The Bertz CT molecular complexity index is 817. The fourth-order valence-corrected chi connectivity index (χ4v) is 7.69. The van der Waals surface area contributed by atoms with Crippen LogP contribution < -0.4 is 5.32 Å². The summed E-state index contributed by atoms with van der Waals surface area (Å²) in [6.07, 6.45) is 33.4. The fourth-order valence-electron chi connectivity index (χ4n) is 7.69. The van der Waals surface area contributed by atoms with Crippen molar-refractivity contribution in [2.24, 2.45) is 0 Å². The molecule has 1 aliphatic rings. The van der Waals surface area contributed by atoms with Crippen molar-refractivity contribution < 1.29 is 39.8 Å². The number of aliphatic hydroxyl groups excluding tert-OH is 5. The molecule has 6 N–H and O–H groups in total. The van der Waals surface area contributed by atoms with Gasteiger partial charge in [0, 0.05) is 6.42 Å². The molecule has 1 heterocycles. The van der Waals surface area contributed by atoms with Gasteiger partial charge in [0.2, 0.25) is 5.91 Å². The molecule has 54 heavy (non-hydrogen) atoms. The first-order valence-corrected chi connectivity index (χ1v) is 23.2. The van der Waals surface area contributed by atoms with Crippen LogP contribution in [0.4, 0.5) is 0 Å². The highest BCUT2D eigenvalue weighted by Crippen LogP contribution is 2.23. The van der Waals surface area contributed by atoms with Gasteiger partial charge >= 0.3 is 0 Å². The summed E-state index contributed by atoms with van der Waals surface area (Å²) >= 11 is 0. The third kappa shape index (κ3) is 26.9. The van der Waals surface area contributed by atoms with Crippen LogP contribution in [0.2, 0.25) is 0 Å². The van der Waals surface area contributed by atoms with E-state index in [0.29, 0.717) is 12.8 Å². The first kappa shape index (κ1) is 51.2. The predicted octanol–water partition coefficient (Wildman–Crippen LogP) is 9.56. The summed E-state index contributed by atoms with van der Waals surface area (Å²) in [7, 11) is 0. The molecule has 0 aromatic heterocycles. The molecule has 0 radical (unpaired) electrons. The van der Waals surface area contributed by atoms with E-state index in [4.69, 9.17) is 9.47 Å². The van der Waals surface area contributed by atoms with Gasteiger partial charge < -0.3 is 40.3 Å². The van der Waals surface area contributed by atoms with Crippen LogP contribution in [-0.2, 0) is 14.3 Å². The van der Waals surface area contributed by atoms with E-state index in [1.54, 1.807) is 0 Å². The first-order chi connectivity index (χ1) is 26.3. The maximum absolute atomic E-state index is 12.7. The van der Waals surface area contributed by atoms with Crippen molar-refractivity contribution in [2.45, 2.75) is 269 Å². The molecule has 1 amide bonds. The van der Waals surface area contributed by atoms with Crippen LogP contribution in [0.3, 0.4) is 0 Å². The number of nitrogens with one attached hydrogen (secondary N) is 1. The Labute approximate surface area is 332 Å². The van der Waals surface area contributed by atoms with Crippen molar-refractivity contribution in [1.29, 1.82) is 0 Å². The Kier molecular flexibility index (Phi) is 34.6. The van der Waals surface area contributed by atoms with Gasteiger partial charge in [-0.1, -0.05) is 206 Å². The normalized spacial score (nSPS) is 21.4. The summed E-state index contributed by atoms with van der Waals surface area (Å²) in [6.45, 7) is 3.72. The molecular formula is C45H89NO8. The lowest BCUT2D eigenvalue weighted by atomic mass is 9.99. The minimum absolute atomic E-state index is 0.135. The van der Waals surface area contributed by atoms with Gasteiger partial charge in [-0.25, -0.2) is 0 Å². The molecule has 0 saturated carbocycles. The van der Waals surface area contributed by atoms with Crippen molar-refractivity contribution in [3.05, 3.63) is 0 Å². The van der Waals surface area contributed by atoms with E-state index in [9.17, 15) is 30.3 Å². The van der Waals surface area contributed by atoms with E-state index < -0.39 is 49.5 Å². The second-order valence-corrected chi connectivity index (χ2v) is 16.6. The molecule has 7 atom stereocenters. The van der Waals surface area contributed by atoms with Gasteiger partial charge in [-0.05, 0) is 12.8 Å². The number of aliphatic hydroxyl groups is 5. The monoisotopic (exact) mass is 772 g/mol. The standard InChI is InChI=1S/C45H89NO8/c1-3-5-7-9-10-11-12-13-14-15-16-17-18-19-20-21-22-23-24-25-26-27-28-29-30-31-32-34-39(48)38(46-41(49)35-33-8-6-4-2)37-53-45-44(52)43(51)42(50)40(36-47)54-45/h38-40,42-45,47-48,50-52H,3-37H2,1-2H3,(H,46,49). The van der Waals surface area contributed by atoms with E-state index in [-0.39, 0.29) is 12.5 Å². The molecule has 322 valence electrons. The third-order valence-electron chi connectivity index (χ3n) is 11.5. The molecule has 1 rings (SSSR count). The molecule has 0 spiro atoms. The minimum Gasteiger partial charge on any atom is -0.394 e. The second-order valence-electron chi connectivity index (χ2n) is 16.6. The zero-order valence-corrected chi connectivity index (χ0v) is 35.3. The van der Waals surface area contributed by atoms with Gasteiger partial charge in [0.15, 0.2) is 6.29 Å². The highest BCUT2D eigenvalue weighted by molar-refractivity contribution is 5.76. The zero-order valence-electron chi connectivity index (χ0n) is 35.3. The van der Waals surface area contributed by atoms with Crippen LogP contribution >= 0.6 is 0 Å². The lowest BCUT2D eigenvalue weighted by Crippen LogP contribution is -2.60. The SMILES string of the molecule is CCCCCCCCCCCCCCCCCCCCCCCCCCCCCC(O)C(COC1OC(CO)C(O)C(O)C1O)NC(=O)CCCCCC. The minimum atomic E-state index is -1.55.